The van der Waals surface area contributed by atoms with Gasteiger partial charge in [0.15, 0.2) is 9.84 Å². The van der Waals surface area contributed by atoms with Gasteiger partial charge in [0, 0.05) is 6.04 Å². The lowest BCUT2D eigenvalue weighted by Gasteiger charge is -2.29. The van der Waals surface area contributed by atoms with Gasteiger partial charge in [-0.1, -0.05) is 25.0 Å². The van der Waals surface area contributed by atoms with E-state index in [1.54, 1.807) is 32.0 Å². The zero-order valence-corrected chi connectivity index (χ0v) is 19.2. The standard InChI is InChI=1S/C21H35NO4S2/c1-16(2)22-28(25,26)21-7-5-6-19(14-21)11-8-18-9-12-20(13-10-18)15-27(23,24)17(3)4/h5-7,14,16-18,20,22H,8-13,15H2,1-4H3. The number of aryl methyl sites for hydroxylation is 1. The van der Waals surface area contributed by atoms with Gasteiger partial charge in [-0.15, -0.1) is 0 Å². The molecule has 28 heavy (non-hydrogen) atoms. The van der Waals surface area contributed by atoms with Crippen molar-refractivity contribution in [1.82, 2.24) is 4.72 Å². The molecule has 0 spiro atoms. The summed E-state index contributed by atoms with van der Waals surface area (Å²) in [6, 6.07) is 7.05. The molecule has 0 saturated heterocycles. The van der Waals surface area contributed by atoms with E-state index < -0.39 is 19.9 Å². The van der Waals surface area contributed by atoms with Crippen LogP contribution in [0.2, 0.25) is 0 Å². The minimum absolute atomic E-state index is 0.136. The Morgan fingerprint density at radius 3 is 2.14 bits per heavy atom. The number of nitrogens with one attached hydrogen (secondary N) is 1. The summed E-state index contributed by atoms with van der Waals surface area (Å²) in [5.74, 6) is 1.20. The lowest BCUT2D eigenvalue weighted by Crippen LogP contribution is -2.30. The van der Waals surface area contributed by atoms with Gasteiger partial charge < -0.3 is 0 Å². The molecule has 1 N–H and O–H groups in total. The van der Waals surface area contributed by atoms with Crippen molar-refractivity contribution < 1.29 is 16.8 Å². The fourth-order valence-electron chi connectivity index (χ4n) is 3.83. The number of hydrogen-bond acceptors (Lipinski definition) is 4. The molecule has 0 heterocycles. The quantitative estimate of drug-likeness (QED) is 0.645. The maximum atomic E-state index is 12.3. The summed E-state index contributed by atoms with van der Waals surface area (Å²) in [6.45, 7) is 7.13. The maximum Gasteiger partial charge on any atom is 0.240 e. The molecule has 160 valence electrons. The van der Waals surface area contributed by atoms with E-state index in [0.717, 1.165) is 44.1 Å². The first-order chi connectivity index (χ1) is 13.0. The molecule has 0 bridgehead atoms. The fraction of sp³-hybridized carbons (Fsp3) is 0.714. The number of hydrogen-bond donors (Lipinski definition) is 1. The SMILES string of the molecule is CC(C)NS(=O)(=O)c1cccc(CCC2CCC(CS(=O)(=O)C(C)C)CC2)c1. The Morgan fingerprint density at radius 1 is 0.964 bits per heavy atom. The van der Waals surface area contributed by atoms with E-state index in [1.165, 1.54) is 0 Å². The van der Waals surface area contributed by atoms with Crippen molar-refractivity contribution in [3.8, 4) is 0 Å². The van der Waals surface area contributed by atoms with Gasteiger partial charge in [0.1, 0.15) is 0 Å². The highest BCUT2D eigenvalue weighted by atomic mass is 32.2. The Kier molecular flexibility index (Phi) is 8.11. The van der Waals surface area contributed by atoms with E-state index in [0.29, 0.717) is 22.5 Å². The predicted molar refractivity (Wildman–Crippen MR) is 115 cm³/mol. The Balaban J connectivity index is 1.87. The van der Waals surface area contributed by atoms with Gasteiger partial charge in [-0.2, -0.15) is 0 Å². The molecular formula is C21H35NO4S2. The Hall–Kier alpha value is -0.920. The van der Waals surface area contributed by atoms with Crippen LogP contribution in [0, 0.1) is 11.8 Å². The summed E-state index contributed by atoms with van der Waals surface area (Å²) in [5.41, 5.74) is 1.04. The average molecular weight is 430 g/mol. The van der Waals surface area contributed by atoms with E-state index in [2.05, 4.69) is 4.72 Å². The molecule has 0 aromatic heterocycles. The van der Waals surface area contributed by atoms with Crippen LogP contribution in [0.15, 0.2) is 29.2 Å². The molecule has 0 unspecified atom stereocenters. The summed E-state index contributed by atoms with van der Waals surface area (Å²) < 4.78 is 51.5. The van der Waals surface area contributed by atoms with Crippen LogP contribution in [0.1, 0.15) is 65.4 Å². The van der Waals surface area contributed by atoms with Crippen molar-refractivity contribution in [3.63, 3.8) is 0 Å². The van der Waals surface area contributed by atoms with Crippen molar-refractivity contribution in [2.45, 2.75) is 82.4 Å². The Labute approximate surface area is 171 Å². The van der Waals surface area contributed by atoms with Crippen LogP contribution >= 0.6 is 0 Å². The average Bonchev–Trinajstić information content (AvgIpc) is 2.60. The van der Waals surface area contributed by atoms with Crippen LogP contribution in [-0.4, -0.2) is 33.9 Å². The van der Waals surface area contributed by atoms with E-state index in [9.17, 15) is 16.8 Å². The van der Waals surface area contributed by atoms with Crippen LogP contribution < -0.4 is 4.72 Å². The third-order valence-corrected chi connectivity index (χ3v) is 9.62. The Bertz CT molecular complexity index is 837. The normalized spacial score (nSPS) is 21.4. The molecule has 1 aromatic carbocycles. The molecular weight excluding hydrogens is 394 g/mol. The smallest absolute Gasteiger partial charge is 0.229 e. The zero-order valence-electron chi connectivity index (χ0n) is 17.5. The monoisotopic (exact) mass is 429 g/mol. The summed E-state index contributed by atoms with van der Waals surface area (Å²) >= 11 is 0. The van der Waals surface area contributed by atoms with E-state index in [4.69, 9.17) is 0 Å². The second kappa shape index (κ2) is 9.72. The molecule has 1 aliphatic carbocycles. The first kappa shape index (κ1) is 23.4. The number of benzene rings is 1. The highest BCUT2D eigenvalue weighted by Crippen LogP contribution is 2.33. The molecule has 0 amide bonds. The molecule has 0 atom stereocenters. The van der Waals surface area contributed by atoms with Crippen molar-refractivity contribution >= 4 is 19.9 Å². The number of rotatable bonds is 9. The van der Waals surface area contributed by atoms with Gasteiger partial charge in [-0.25, -0.2) is 21.6 Å². The van der Waals surface area contributed by atoms with Crippen LogP contribution in [0.5, 0.6) is 0 Å². The second-order valence-electron chi connectivity index (χ2n) is 8.73. The van der Waals surface area contributed by atoms with Crippen LogP contribution in [0.3, 0.4) is 0 Å². The van der Waals surface area contributed by atoms with Gasteiger partial charge in [-0.05, 0) is 82.9 Å². The molecule has 2 rings (SSSR count). The van der Waals surface area contributed by atoms with Gasteiger partial charge in [0.05, 0.1) is 15.9 Å². The van der Waals surface area contributed by atoms with Crippen molar-refractivity contribution in [2.24, 2.45) is 11.8 Å². The highest BCUT2D eigenvalue weighted by Gasteiger charge is 2.27. The number of sulfone groups is 1. The lowest BCUT2D eigenvalue weighted by molar-refractivity contribution is 0.278. The molecule has 1 saturated carbocycles. The fourth-order valence-corrected chi connectivity index (χ4v) is 6.52. The van der Waals surface area contributed by atoms with Gasteiger partial charge >= 0.3 is 0 Å². The van der Waals surface area contributed by atoms with Crippen molar-refractivity contribution in [2.75, 3.05) is 5.75 Å². The highest BCUT2D eigenvalue weighted by molar-refractivity contribution is 7.92. The van der Waals surface area contributed by atoms with Crippen LogP contribution in [0.25, 0.3) is 0 Å². The number of sulfonamides is 1. The molecule has 7 heteroatoms. The molecule has 5 nitrogen and oxygen atoms in total. The second-order valence-corrected chi connectivity index (χ2v) is 13.0. The molecule has 1 aliphatic rings. The Morgan fingerprint density at radius 2 is 1.57 bits per heavy atom. The summed E-state index contributed by atoms with van der Waals surface area (Å²) in [7, 11) is -6.42. The maximum absolute atomic E-state index is 12.3. The minimum Gasteiger partial charge on any atom is -0.229 e. The first-order valence-corrected chi connectivity index (χ1v) is 13.5. The topological polar surface area (TPSA) is 80.3 Å². The summed E-state index contributed by atoms with van der Waals surface area (Å²) in [5, 5.41) is -0.293. The molecule has 0 radical (unpaired) electrons. The third kappa shape index (κ3) is 6.85. The summed E-state index contributed by atoms with van der Waals surface area (Å²) in [6.07, 6.45) is 5.94. The lowest BCUT2D eigenvalue weighted by atomic mass is 9.80. The van der Waals surface area contributed by atoms with Gasteiger partial charge in [-0.3, -0.25) is 0 Å². The van der Waals surface area contributed by atoms with Gasteiger partial charge in [0.2, 0.25) is 10.0 Å². The van der Waals surface area contributed by atoms with Crippen LogP contribution in [-0.2, 0) is 26.3 Å². The minimum atomic E-state index is -3.46. The van der Waals surface area contributed by atoms with Crippen LogP contribution in [0.4, 0.5) is 0 Å². The van der Waals surface area contributed by atoms with Crippen molar-refractivity contribution in [1.29, 1.82) is 0 Å². The molecule has 1 fully saturated rings. The van der Waals surface area contributed by atoms with Gasteiger partial charge in [0.25, 0.3) is 0 Å². The largest absolute Gasteiger partial charge is 0.240 e. The molecule has 0 aliphatic heterocycles. The summed E-state index contributed by atoms with van der Waals surface area (Å²) in [4.78, 5) is 0.321. The molecule has 1 aromatic rings. The van der Waals surface area contributed by atoms with E-state index >= 15 is 0 Å². The zero-order chi connectivity index (χ0) is 20.9. The van der Waals surface area contributed by atoms with E-state index in [-0.39, 0.29) is 11.3 Å². The third-order valence-electron chi connectivity index (χ3n) is 5.59. The first-order valence-electron chi connectivity index (χ1n) is 10.3. The van der Waals surface area contributed by atoms with E-state index in [1.807, 2.05) is 19.9 Å². The predicted octanol–water partition coefficient (Wildman–Crippen LogP) is 3.94. The van der Waals surface area contributed by atoms with Crippen molar-refractivity contribution in [3.05, 3.63) is 29.8 Å².